The quantitative estimate of drug-likeness (QED) is 0.568. The van der Waals surface area contributed by atoms with Crippen molar-refractivity contribution in [3.63, 3.8) is 0 Å². The topological polar surface area (TPSA) is 83.7 Å². The van der Waals surface area contributed by atoms with Gasteiger partial charge in [-0.1, -0.05) is 31.9 Å². The minimum absolute atomic E-state index is 0.0977. The molecule has 0 aliphatic heterocycles. The Labute approximate surface area is 136 Å². The summed E-state index contributed by atoms with van der Waals surface area (Å²) < 4.78 is 1.42. The van der Waals surface area contributed by atoms with Crippen molar-refractivity contribution in [2.24, 2.45) is 0 Å². The van der Waals surface area contributed by atoms with Gasteiger partial charge in [0, 0.05) is 21.1 Å². The van der Waals surface area contributed by atoms with Crippen molar-refractivity contribution in [3.05, 3.63) is 61.5 Å². The van der Waals surface area contributed by atoms with Gasteiger partial charge in [0.15, 0.2) is 0 Å². The number of non-ortho nitro benzene ring substituents is 1. The number of hydrogen-bond donors (Lipinski definition) is 1. The number of rotatable bonds is 3. The van der Waals surface area contributed by atoms with Crippen LogP contribution in [0.3, 0.4) is 0 Å². The van der Waals surface area contributed by atoms with Crippen molar-refractivity contribution >= 4 is 55.0 Å². The van der Waals surface area contributed by atoms with E-state index in [1.807, 2.05) is 0 Å². The summed E-state index contributed by atoms with van der Waals surface area (Å²) in [6.07, 6.45) is -1.19. The molecule has 0 heterocycles. The van der Waals surface area contributed by atoms with Crippen molar-refractivity contribution < 1.29 is 14.8 Å². The molecular weight excluding hydrogens is 408 g/mol. The van der Waals surface area contributed by atoms with E-state index in [9.17, 15) is 20.0 Å². The number of halogens is 2. The summed E-state index contributed by atoms with van der Waals surface area (Å²) in [7, 11) is 0. The number of hydrogen-bond acceptors (Lipinski definition) is 3. The van der Waals surface area contributed by atoms with Gasteiger partial charge in [0.25, 0.3) is 5.69 Å². The molecule has 0 aliphatic rings. The molecule has 0 fully saturated rings. The molecule has 108 valence electrons. The Bertz CT molecular complexity index is 684. The normalized spacial score (nSPS) is 10.2. The Balaban J connectivity index is 2.48. The molecule has 0 spiro atoms. The van der Waals surface area contributed by atoms with E-state index >= 15 is 0 Å². The Morgan fingerprint density at radius 1 is 1.05 bits per heavy atom. The van der Waals surface area contributed by atoms with E-state index in [1.165, 1.54) is 24.3 Å². The van der Waals surface area contributed by atoms with Gasteiger partial charge in [0.1, 0.15) is 0 Å². The zero-order valence-corrected chi connectivity index (χ0v) is 13.5. The molecule has 6 nitrogen and oxygen atoms in total. The molecule has 2 rings (SSSR count). The minimum Gasteiger partial charge on any atom is -0.464 e. The molecular formula is C13H8Br2N2O4. The number of amides is 1. The van der Waals surface area contributed by atoms with Gasteiger partial charge in [0.2, 0.25) is 0 Å². The second-order valence-corrected chi connectivity index (χ2v) is 5.85. The van der Waals surface area contributed by atoms with E-state index in [1.54, 1.807) is 18.2 Å². The summed E-state index contributed by atoms with van der Waals surface area (Å²) >= 11 is 6.59. The van der Waals surface area contributed by atoms with Gasteiger partial charge in [-0.15, -0.1) is 0 Å². The molecule has 0 bridgehead atoms. The van der Waals surface area contributed by atoms with Crippen LogP contribution in [0.25, 0.3) is 0 Å². The number of nitrogens with zero attached hydrogens (tertiary/aromatic N) is 2. The molecule has 0 radical (unpaired) electrons. The summed E-state index contributed by atoms with van der Waals surface area (Å²) in [5.74, 6) is 0. The van der Waals surface area contributed by atoms with Crippen LogP contribution in [-0.2, 0) is 0 Å². The van der Waals surface area contributed by atoms with Gasteiger partial charge in [-0.05, 0) is 30.3 Å². The Morgan fingerprint density at radius 2 is 1.57 bits per heavy atom. The third-order valence-corrected chi connectivity index (χ3v) is 3.53. The standard InChI is InChI=1S/C13H8Br2N2O4/c14-8-5-9(15)7-12(6-8)16(13(18)19)10-1-3-11(4-2-10)17(20)21/h1-7H,(H,18,19). The Hall–Kier alpha value is -1.93. The first kappa shape index (κ1) is 15.5. The second kappa shape index (κ2) is 6.23. The maximum Gasteiger partial charge on any atom is 0.416 e. The number of carbonyl (C=O) groups is 1. The zero-order valence-electron chi connectivity index (χ0n) is 10.4. The van der Waals surface area contributed by atoms with E-state index in [4.69, 9.17) is 0 Å². The van der Waals surface area contributed by atoms with Crippen molar-refractivity contribution in [1.29, 1.82) is 0 Å². The van der Waals surface area contributed by atoms with Crippen LogP contribution < -0.4 is 4.90 Å². The van der Waals surface area contributed by atoms with Crippen molar-refractivity contribution in [2.45, 2.75) is 0 Å². The average molecular weight is 416 g/mol. The molecule has 2 aromatic rings. The van der Waals surface area contributed by atoms with Crippen LogP contribution in [0.4, 0.5) is 21.9 Å². The van der Waals surface area contributed by atoms with E-state index < -0.39 is 11.0 Å². The zero-order chi connectivity index (χ0) is 15.6. The Kier molecular flexibility index (Phi) is 4.59. The first-order chi connectivity index (χ1) is 9.88. The van der Waals surface area contributed by atoms with Crippen molar-refractivity contribution in [3.8, 4) is 0 Å². The fourth-order valence-corrected chi connectivity index (χ4v) is 3.03. The molecule has 0 unspecified atom stereocenters. The van der Waals surface area contributed by atoms with Crippen LogP contribution in [0.1, 0.15) is 0 Å². The lowest BCUT2D eigenvalue weighted by Gasteiger charge is -2.20. The van der Waals surface area contributed by atoms with Gasteiger partial charge in [0.05, 0.1) is 16.3 Å². The predicted octanol–water partition coefficient (Wildman–Crippen LogP) is 4.94. The molecule has 2 aromatic carbocycles. The van der Waals surface area contributed by atoms with Crippen LogP contribution in [0, 0.1) is 10.1 Å². The largest absolute Gasteiger partial charge is 0.464 e. The van der Waals surface area contributed by atoms with Gasteiger partial charge in [-0.3, -0.25) is 10.1 Å². The van der Waals surface area contributed by atoms with Crippen molar-refractivity contribution in [2.75, 3.05) is 4.90 Å². The van der Waals surface area contributed by atoms with E-state index in [2.05, 4.69) is 31.9 Å². The third kappa shape index (κ3) is 3.59. The van der Waals surface area contributed by atoms with Gasteiger partial charge in [-0.25, -0.2) is 9.69 Å². The second-order valence-electron chi connectivity index (χ2n) is 4.02. The highest BCUT2D eigenvalue weighted by molar-refractivity contribution is 9.11. The number of nitro groups is 1. The third-order valence-electron chi connectivity index (χ3n) is 2.62. The van der Waals surface area contributed by atoms with E-state index in [0.29, 0.717) is 20.3 Å². The highest BCUT2D eigenvalue weighted by Gasteiger charge is 2.18. The van der Waals surface area contributed by atoms with Gasteiger partial charge >= 0.3 is 6.09 Å². The lowest BCUT2D eigenvalue weighted by atomic mass is 10.2. The molecule has 1 amide bonds. The summed E-state index contributed by atoms with van der Waals surface area (Å²) in [4.78, 5) is 22.6. The highest BCUT2D eigenvalue weighted by atomic mass is 79.9. The van der Waals surface area contributed by atoms with Gasteiger partial charge in [-0.2, -0.15) is 0 Å². The number of benzene rings is 2. The summed E-state index contributed by atoms with van der Waals surface area (Å²) in [6, 6.07) is 10.4. The van der Waals surface area contributed by atoms with Crippen LogP contribution >= 0.6 is 31.9 Å². The maximum absolute atomic E-state index is 11.5. The molecule has 0 aliphatic carbocycles. The maximum atomic E-state index is 11.5. The number of nitro benzene ring substituents is 1. The highest BCUT2D eigenvalue weighted by Crippen LogP contribution is 2.32. The lowest BCUT2D eigenvalue weighted by Crippen LogP contribution is -2.23. The SMILES string of the molecule is O=C(O)N(c1ccc([N+](=O)[O-])cc1)c1cc(Br)cc(Br)c1. The first-order valence-corrected chi connectivity index (χ1v) is 7.20. The Morgan fingerprint density at radius 3 is 2.00 bits per heavy atom. The van der Waals surface area contributed by atoms with Crippen LogP contribution in [-0.4, -0.2) is 16.1 Å². The molecule has 0 saturated carbocycles. The number of carboxylic acid groups (broad SMARTS) is 1. The molecule has 0 aromatic heterocycles. The molecule has 1 N–H and O–H groups in total. The van der Waals surface area contributed by atoms with Crippen LogP contribution in [0.2, 0.25) is 0 Å². The van der Waals surface area contributed by atoms with Crippen LogP contribution in [0.15, 0.2) is 51.4 Å². The van der Waals surface area contributed by atoms with E-state index in [-0.39, 0.29) is 5.69 Å². The fourth-order valence-electron chi connectivity index (χ4n) is 1.76. The minimum atomic E-state index is -1.19. The lowest BCUT2D eigenvalue weighted by molar-refractivity contribution is -0.384. The van der Waals surface area contributed by atoms with Crippen LogP contribution in [0.5, 0.6) is 0 Å². The summed E-state index contributed by atoms with van der Waals surface area (Å²) in [5, 5.41) is 20.0. The average Bonchev–Trinajstić information content (AvgIpc) is 2.37. The monoisotopic (exact) mass is 414 g/mol. The molecule has 0 saturated heterocycles. The number of anilines is 2. The smallest absolute Gasteiger partial charge is 0.416 e. The first-order valence-electron chi connectivity index (χ1n) is 5.62. The molecule has 8 heteroatoms. The summed E-state index contributed by atoms with van der Waals surface area (Å²) in [5.41, 5.74) is 0.634. The fraction of sp³-hybridized carbons (Fsp3) is 0. The molecule has 21 heavy (non-hydrogen) atoms. The van der Waals surface area contributed by atoms with E-state index in [0.717, 1.165) is 4.90 Å². The molecule has 0 atom stereocenters. The van der Waals surface area contributed by atoms with Gasteiger partial charge < -0.3 is 5.11 Å². The predicted molar refractivity (Wildman–Crippen MR) is 85.1 cm³/mol. The van der Waals surface area contributed by atoms with Crippen molar-refractivity contribution in [1.82, 2.24) is 0 Å². The summed E-state index contributed by atoms with van der Waals surface area (Å²) in [6.45, 7) is 0.